The van der Waals surface area contributed by atoms with Crippen LogP contribution in [-0.4, -0.2) is 0 Å². The smallest absolute Gasteiger partial charge is 0.0551 e. The first-order valence-corrected chi connectivity index (χ1v) is 6.18. The molecule has 4 heteroatoms. The zero-order valence-corrected chi connectivity index (χ0v) is 11.3. The zero-order valence-electron chi connectivity index (χ0n) is 8.93. The lowest BCUT2D eigenvalue weighted by Gasteiger charge is -2.22. The summed E-state index contributed by atoms with van der Waals surface area (Å²) in [6.45, 7) is 4.32. The van der Waals surface area contributed by atoms with E-state index in [0.29, 0.717) is 5.92 Å². The van der Waals surface area contributed by atoms with Gasteiger partial charge in [-0.1, -0.05) is 37.9 Å². The van der Waals surface area contributed by atoms with Gasteiger partial charge in [0.15, 0.2) is 0 Å². The largest absolute Gasteiger partial charge is 0.271 e. The maximum Gasteiger partial charge on any atom is 0.0551 e. The zero-order chi connectivity index (χ0) is 11.4. The fourth-order valence-electron chi connectivity index (χ4n) is 1.53. The van der Waals surface area contributed by atoms with Crippen LogP contribution in [0.1, 0.15) is 31.9 Å². The maximum absolute atomic E-state index is 6.05. The fourth-order valence-corrected chi connectivity index (χ4v) is 1.97. The highest BCUT2D eigenvalue weighted by atomic mass is 79.9. The minimum Gasteiger partial charge on any atom is -0.271 e. The summed E-state index contributed by atoms with van der Waals surface area (Å²) in [6, 6.07) is 6.08. The number of rotatable bonds is 4. The molecule has 0 bridgehead atoms. The molecule has 1 aromatic carbocycles. The van der Waals surface area contributed by atoms with Gasteiger partial charge in [0.05, 0.1) is 5.02 Å². The van der Waals surface area contributed by atoms with Crippen LogP contribution in [0.3, 0.4) is 0 Å². The van der Waals surface area contributed by atoms with E-state index in [1.165, 1.54) is 0 Å². The van der Waals surface area contributed by atoms with Crippen LogP contribution in [-0.2, 0) is 0 Å². The molecule has 0 spiro atoms. The van der Waals surface area contributed by atoms with E-state index in [0.717, 1.165) is 21.5 Å². The first-order valence-electron chi connectivity index (χ1n) is 5.01. The molecule has 3 N–H and O–H groups in total. The van der Waals surface area contributed by atoms with Crippen molar-refractivity contribution in [1.29, 1.82) is 0 Å². The highest BCUT2D eigenvalue weighted by Gasteiger charge is 2.16. The average molecular weight is 292 g/mol. The van der Waals surface area contributed by atoms with Gasteiger partial charge in [-0.05, 0) is 39.5 Å². The van der Waals surface area contributed by atoms with Gasteiger partial charge in [0.2, 0.25) is 0 Å². The monoisotopic (exact) mass is 290 g/mol. The Labute approximate surface area is 104 Å². The summed E-state index contributed by atoms with van der Waals surface area (Å²) >= 11 is 9.42. The van der Waals surface area contributed by atoms with E-state index in [1.807, 2.05) is 18.2 Å². The van der Waals surface area contributed by atoms with Crippen LogP contribution in [0.4, 0.5) is 0 Å². The maximum atomic E-state index is 6.05. The Bertz CT molecular complexity index is 330. The van der Waals surface area contributed by atoms with Gasteiger partial charge in [-0.15, -0.1) is 0 Å². The van der Waals surface area contributed by atoms with E-state index in [-0.39, 0.29) is 6.04 Å². The SMILES string of the molecule is CCC(C)C(NN)c1ccc(Br)c(Cl)c1. The molecule has 0 amide bonds. The van der Waals surface area contributed by atoms with Crippen LogP contribution in [0.2, 0.25) is 5.02 Å². The first kappa shape index (κ1) is 13.0. The Hall–Kier alpha value is -0.0900. The van der Waals surface area contributed by atoms with Crippen LogP contribution in [0.5, 0.6) is 0 Å². The molecule has 0 aliphatic heterocycles. The molecule has 2 atom stereocenters. The predicted molar refractivity (Wildman–Crippen MR) is 68.7 cm³/mol. The number of nitrogens with two attached hydrogens (primary N) is 1. The summed E-state index contributed by atoms with van der Waals surface area (Å²) in [6.07, 6.45) is 1.07. The van der Waals surface area contributed by atoms with Gasteiger partial charge in [0, 0.05) is 10.5 Å². The van der Waals surface area contributed by atoms with Crippen molar-refractivity contribution in [3.8, 4) is 0 Å². The number of nitrogens with one attached hydrogen (secondary N) is 1. The predicted octanol–water partition coefficient (Wildman–Crippen LogP) is 3.65. The number of halogens is 2. The Morgan fingerprint density at radius 3 is 2.67 bits per heavy atom. The molecule has 0 saturated heterocycles. The topological polar surface area (TPSA) is 38.0 Å². The van der Waals surface area contributed by atoms with Crippen molar-refractivity contribution in [3.05, 3.63) is 33.3 Å². The van der Waals surface area contributed by atoms with Gasteiger partial charge in [-0.3, -0.25) is 11.3 Å². The van der Waals surface area contributed by atoms with E-state index in [4.69, 9.17) is 17.4 Å². The fraction of sp³-hybridized carbons (Fsp3) is 0.455. The summed E-state index contributed by atoms with van der Waals surface area (Å²) in [5.41, 5.74) is 3.97. The van der Waals surface area contributed by atoms with Crippen LogP contribution >= 0.6 is 27.5 Å². The number of hydrazine groups is 1. The average Bonchev–Trinajstić information content (AvgIpc) is 2.24. The minimum atomic E-state index is 0.153. The lowest BCUT2D eigenvalue weighted by molar-refractivity contribution is 0.383. The van der Waals surface area contributed by atoms with Crippen molar-refractivity contribution in [3.63, 3.8) is 0 Å². The summed E-state index contributed by atoms with van der Waals surface area (Å²) < 4.78 is 0.910. The molecule has 2 unspecified atom stereocenters. The van der Waals surface area contributed by atoms with Crippen LogP contribution in [0, 0.1) is 5.92 Å². The van der Waals surface area contributed by atoms with E-state index in [1.54, 1.807) is 0 Å². The number of hydrogen-bond donors (Lipinski definition) is 2. The minimum absolute atomic E-state index is 0.153. The normalized spacial score (nSPS) is 15.0. The molecule has 0 aliphatic carbocycles. The molecular formula is C11H16BrClN2. The van der Waals surface area contributed by atoms with E-state index in [9.17, 15) is 0 Å². The first-order chi connectivity index (χ1) is 7.10. The molecule has 0 fully saturated rings. The summed E-state index contributed by atoms with van der Waals surface area (Å²) in [4.78, 5) is 0. The van der Waals surface area contributed by atoms with Crippen molar-refractivity contribution in [2.75, 3.05) is 0 Å². The third-order valence-corrected chi connectivity index (χ3v) is 3.93. The standard InChI is InChI=1S/C11H16BrClN2/c1-3-7(2)11(15-14)8-4-5-9(12)10(13)6-8/h4-7,11,15H,3,14H2,1-2H3. The molecule has 84 valence electrons. The lowest BCUT2D eigenvalue weighted by atomic mass is 9.93. The van der Waals surface area contributed by atoms with Gasteiger partial charge in [0.1, 0.15) is 0 Å². The Morgan fingerprint density at radius 2 is 2.20 bits per heavy atom. The van der Waals surface area contributed by atoms with Crippen molar-refractivity contribution in [1.82, 2.24) is 5.43 Å². The quantitative estimate of drug-likeness (QED) is 0.656. The summed E-state index contributed by atoms with van der Waals surface area (Å²) in [5.74, 6) is 6.04. The van der Waals surface area contributed by atoms with Gasteiger partial charge in [-0.2, -0.15) is 0 Å². The summed E-state index contributed by atoms with van der Waals surface area (Å²) in [7, 11) is 0. The van der Waals surface area contributed by atoms with Crippen LogP contribution in [0.15, 0.2) is 22.7 Å². The van der Waals surface area contributed by atoms with Crippen LogP contribution in [0.25, 0.3) is 0 Å². The highest BCUT2D eigenvalue weighted by molar-refractivity contribution is 9.10. The van der Waals surface area contributed by atoms with E-state index < -0.39 is 0 Å². The Balaban J connectivity index is 2.97. The van der Waals surface area contributed by atoms with Crippen molar-refractivity contribution in [2.45, 2.75) is 26.3 Å². The van der Waals surface area contributed by atoms with E-state index in [2.05, 4.69) is 35.2 Å². The van der Waals surface area contributed by atoms with Gasteiger partial charge >= 0.3 is 0 Å². The molecule has 1 rings (SSSR count). The molecule has 2 nitrogen and oxygen atoms in total. The molecule has 0 aromatic heterocycles. The molecule has 0 radical (unpaired) electrons. The lowest BCUT2D eigenvalue weighted by Crippen LogP contribution is -2.32. The second kappa shape index (κ2) is 5.85. The van der Waals surface area contributed by atoms with Crippen molar-refractivity contribution in [2.24, 2.45) is 11.8 Å². The van der Waals surface area contributed by atoms with Crippen molar-refractivity contribution < 1.29 is 0 Å². The summed E-state index contributed by atoms with van der Waals surface area (Å²) in [5, 5.41) is 0.719. The van der Waals surface area contributed by atoms with Crippen molar-refractivity contribution >= 4 is 27.5 Å². The third-order valence-electron chi connectivity index (χ3n) is 2.70. The molecule has 1 aromatic rings. The van der Waals surface area contributed by atoms with Gasteiger partial charge in [0.25, 0.3) is 0 Å². The molecule has 0 heterocycles. The molecule has 15 heavy (non-hydrogen) atoms. The van der Waals surface area contributed by atoms with Gasteiger partial charge in [-0.25, -0.2) is 0 Å². The van der Waals surface area contributed by atoms with E-state index >= 15 is 0 Å². The molecule has 0 saturated carbocycles. The van der Waals surface area contributed by atoms with Gasteiger partial charge < -0.3 is 0 Å². The Kier molecular flexibility index (Phi) is 5.06. The molecular weight excluding hydrogens is 275 g/mol. The highest BCUT2D eigenvalue weighted by Crippen LogP contribution is 2.29. The molecule has 0 aliphatic rings. The van der Waals surface area contributed by atoms with Crippen LogP contribution < -0.4 is 11.3 Å². The number of hydrogen-bond acceptors (Lipinski definition) is 2. The number of benzene rings is 1. The third kappa shape index (κ3) is 3.18. The second-order valence-corrected chi connectivity index (χ2v) is 4.96. The second-order valence-electron chi connectivity index (χ2n) is 3.70. The Morgan fingerprint density at radius 1 is 1.53 bits per heavy atom.